The Morgan fingerprint density at radius 2 is 2.08 bits per heavy atom. The van der Waals surface area contributed by atoms with Gasteiger partial charge in [-0.1, -0.05) is 12.1 Å². The van der Waals surface area contributed by atoms with Gasteiger partial charge in [-0.25, -0.2) is 0 Å². The van der Waals surface area contributed by atoms with E-state index in [1.807, 2.05) is 0 Å². The van der Waals surface area contributed by atoms with E-state index in [1.54, 1.807) is 35.3 Å². The van der Waals surface area contributed by atoms with Gasteiger partial charge in [0.15, 0.2) is 5.76 Å². The third-order valence-corrected chi connectivity index (χ3v) is 3.11. The van der Waals surface area contributed by atoms with Crippen molar-refractivity contribution in [1.29, 1.82) is 0 Å². The Morgan fingerprint density at radius 1 is 1.25 bits per heavy atom. The quantitative estimate of drug-likeness (QED) is 0.751. The Balaban J connectivity index is 1.70. The van der Waals surface area contributed by atoms with E-state index in [2.05, 4.69) is 15.2 Å². The average molecular weight is 333 g/mol. The van der Waals surface area contributed by atoms with Crippen LogP contribution in [0.25, 0.3) is 0 Å². The molecule has 8 heteroatoms. The minimum atomic E-state index is -2.98. The van der Waals surface area contributed by atoms with Crippen LogP contribution in [0, 0.1) is 0 Å². The highest BCUT2D eigenvalue weighted by Gasteiger charge is 2.15. The first-order valence-electron chi connectivity index (χ1n) is 7.03. The summed E-state index contributed by atoms with van der Waals surface area (Å²) in [5.74, 6) is -0.0822. The fourth-order valence-electron chi connectivity index (χ4n) is 2.09. The first-order chi connectivity index (χ1) is 11.6. The Kier molecular flexibility index (Phi) is 4.55. The normalized spacial score (nSPS) is 10.8. The Bertz CT molecular complexity index is 816. The lowest BCUT2D eigenvalue weighted by atomic mass is 10.3. The predicted molar refractivity (Wildman–Crippen MR) is 81.1 cm³/mol. The van der Waals surface area contributed by atoms with E-state index in [9.17, 15) is 13.6 Å². The molecule has 0 radical (unpaired) electrons. The zero-order chi connectivity index (χ0) is 16.9. The van der Waals surface area contributed by atoms with Crippen LogP contribution >= 0.6 is 0 Å². The summed E-state index contributed by atoms with van der Waals surface area (Å²) in [6.45, 7) is -2.60. The summed E-state index contributed by atoms with van der Waals surface area (Å²) in [5.41, 5.74) is 0.132. The van der Waals surface area contributed by atoms with Gasteiger partial charge in [0.2, 0.25) is 0 Å². The fourth-order valence-corrected chi connectivity index (χ4v) is 2.09. The number of hydrogen-bond donors (Lipinski definition) is 1. The number of carbonyl (C=O) groups excluding carboxylic acids is 1. The number of amides is 1. The molecule has 0 spiro atoms. The summed E-state index contributed by atoms with van der Waals surface area (Å²) in [6.07, 6.45) is 3.40. The lowest BCUT2D eigenvalue weighted by molar-refractivity contribution is -0.0493. The molecule has 0 unspecified atom stereocenters. The van der Waals surface area contributed by atoms with Crippen LogP contribution in [0.1, 0.15) is 16.3 Å². The number of alkyl halides is 2. The number of furan rings is 1. The van der Waals surface area contributed by atoms with Crippen LogP contribution in [0.2, 0.25) is 0 Å². The van der Waals surface area contributed by atoms with Gasteiger partial charge in [-0.3, -0.25) is 9.48 Å². The van der Waals surface area contributed by atoms with Crippen molar-refractivity contribution >= 4 is 11.6 Å². The first-order valence-corrected chi connectivity index (χ1v) is 7.03. The van der Waals surface area contributed by atoms with E-state index in [0.717, 1.165) is 0 Å². The van der Waals surface area contributed by atoms with E-state index in [-0.39, 0.29) is 17.2 Å². The molecule has 0 aliphatic heterocycles. The van der Waals surface area contributed by atoms with Gasteiger partial charge in [-0.15, -0.1) is 0 Å². The van der Waals surface area contributed by atoms with Crippen LogP contribution in [0.5, 0.6) is 5.75 Å². The standard InChI is InChI=1S/C16H13F2N3O3/c17-16(18)24-13-5-2-1-4-12(13)20-15(22)14-7-6-11(23-14)10-21-9-3-8-19-21/h1-9,16H,10H2,(H,20,22). The molecular formula is C16H13F2N3O3. The molecule has 0 aliphatic rings. The maximum atomic E-state index is 12.4. The molecule has 1 aromatic carbocycles. The topological polar surface area (TPSA) is 69.3 Å². The second kappa shape index (κ2) is 6.95. The monoisotopic (exact) mass is 333 g/mol. The van der Waals surface area contributed by atoms with E-state index in [1.165, 1.54) is 24.3 Å². The third kappa shape index (κ3) is 3.78. The Hall–Kier alpha value is -3.16. The zero-order valence-corrected chi connectivity index (χ0v) is 12.4. The Morgan fingerprint density at radius 3 is 2.83 bits per heavy atom. The summed E-state index contributed by atoms with van der Waals surface area (Å²) in [7, 11) is 0. The van der Waals surface area contributed by atoms with Crippen molar-refractivity contribution in [3.05, 3.63) is 66.4 Å². The largest absolute Gasteiger partial charge is 0.454 e. The molecule has 0 saturated heterocycles. The molecular weight excluding hydrogens is 320 g/mol. The van der Waals surface area contributed by atoms with E-state index < -0.39 is 12.5 Å². The summed E-state index contributed by atoms with van der Waals surface area (Å²) in [4.78, 5) is 12.2. The number of nitrogens with zero attached hydrogens (tertiary/aromatic N) is 2. The van der Waals surface area contributed by atoms with Gasteiger partial charge in [-0.2, -0.15) is 13.9 Å². The van der Waals surface area contributed by atoms with Crippen molar-refractivity contribution < 1.29 is 22.7 Å². The van der Waals surface area contributed by atoms with Crippen molar-refractivity contribution in [2.45, 2.75) is 13.2 Å². The van der Waals surface area contributed by atoms with Crippen LogP contribution in [0.3, 0.4) is 0 Å². The predicted octanol–water partition coefficient (Wildman–Crippen LogP) is 3.38. The molecule has 3 rings (SSSR count). The van der Waals surface area contributed by atoms with Crippen molar-refractivity contribution in [2.75, 3.05) is 5.32 Å². The SMILES string of the molecule is O=C(Nc1ccccc1OC(F)F)c1ccc(Cn2cccn2)o1. The first kappa shape index (κ1) is 15.7. The molecule has 3 aromatic rings. The molecule has 0 bridgehead atoms. The number of halogens is 2. The van der Waals surface area contributed by atoms with E-state index >= 15 is 0 Å². The zero-order valence-electron chi connectivity index (χ0n) is 12.4. The van der Waals surface area contributed by atoms with Gasteiger partial charge in [0, 0.05) is 12.4 Å². The summed E-state index contributed by atoms with van der Waals surface area (Å²) in [6, 6.07) is 10.9. The van der Waals surface area contributed by atoms with Gasteiger partial charge >= 0.3 is 6.61 Å². The molecule has 2 heterocycles. The number of benzene rings is 1. The van der Waals surface area contributed by atoms with Gasteiger partial charge in [-0.05, 0) is 30.3 Å². The van der Waals surface area contributed by atoms with Crippen LogP contribution in [-0.4, -0.2) is 22.3 Å². The number of para-hydroxylation sites is 2. The maximum absolute atomic E-state index is 12.4. The molecule has 0 fully saturated rings. The molecule has 124 valence electrons. The van der Waals surface area contributed by atoms with Crippen LogP contribution in [0.15, 0.2) is 59.3 Å². The number of nitrogens with one attached hydrogen (secondary N) is 1. The van der Waals surface area contributed by atoms with Crippen molar-refractivity contribution in [3.8, 4) is 5.75 Å². The van der Waals surface area contributed by atoms with Gasteiger partial charge < -0.3 is 14.5 Å². The van der Waals surface area contributed by atoms with Crippen molar-refractivity contribution in [3.63, 3.8) is 0 Å². The maximum Gasteiger partial charge on any atom is 0.387 e. The smallest absolute Gasteiger partial charge is 0.387 e. The number of aromatic nitrogens is 2. The van der Waals surface area contributed by atoms with Crippen LogP contribution in [0.4, 0.5) is 14.5 Å². The minimum Gasteiger partial charge on any atom is -0.454 e. The van der Waals surface area contributed by atoms with Crippen LogP contribution in [-0.2, 0) is 6.54 Å². The minimum absolute atomic E-state index is 0.0593. The second-order valence-electron chi connectivity index (χ2n) is 4.80. The number of rotatable bonds is 6. The van der Waals surface area contributed by atoms with Crippen molar-refractivity contribution in [1.82, 2.24) is 9.78 Å². The van der Waals surface area contributed by atoms with Gasteiger partial charge in [0.05, 0.1) is 12.2 Å². The summed E-state index contributed by atoms with van der Waals surface area (Å²) < 4.78 is 36.2. The van der Waals surface area contributed by atoms with Gasteiger partial charge in [0.25, 0.3) is 5.91 Å². The lowest BCUT2D eigenvalue weighted by Crippen LogP contribution is -2.13. The fraction of sp³-hybridized carbons (Fsp3) is 0.125. The number of carbonyl (C=O) groups is 1. The molecule has 2 aromatic heterocycles. The molecule has 1 amide bonds. The summed E-state index contributed by atoms with van der Waals surface area (Å²) >= 11 is 0. The number of anilines is 1. The van der Waals surface area contributed by atoms with E-state index in [0.29, 0.717) is 12.3 Å². The van der Waals surface area contributed by atoms with Gasteiger partial charge in [0.1, 0.15) is 11.5 Å². The Labute approximate surface area is 135 Å². The summed E-state index contributed by atoms with van der Waals surface area (Å²) in [5, 5.41) is 6.53. The number of hydrogen-bond acceptors (Lipinski definition) is 4. The molecule has 0 aliphatic carbocycles. The molecule has 0 atom stereocenters. The second-order valence-corrected chi connectivity index (χ2v) is 4.80. The third-order valence-electron chi connectivity index (χ3n) is 3.11. The lowest BCUT2D eigenvalue weighted by Gasteiger charge is -2.10. The van der Waals surface area contributed by atoms with Crippen molar-refractivity contribution in [2.24, 2.45) is 0 Å². The molecule has 24 heavy (non-hydrogen) atoms. The van der Waals surface area contributed by atoms with Crippen LogP contribution < -0.4 is 10.1 Å². The highest BCUT2D eigenvalue weighted by molar-refractivity contribution is 6.03. The number of ether oxygens (including phenoxy) is 1. The van der Waals surface area contributed by atoms with E-state index in [4.69, 9.17) is 4.42 Å². The molecule has 6 nitrogen and oxygen atoms in total. The highest BCUT2D eigenvalue weighted by Crippen LogP contribution is 2.26. The average Bonchev–Trinajstić information content (AvgIpc) is 3.21. The molecule has 0 saturated carbocycles. The molecule has 1 N–H and O–H groups in total. The highest BCUT2D eigenvalue weighted by atomic mass is 19.3.